The van der Waals surface area contributed by atoms with Gasteiger partial charge < -0.3 is 10.2 Å². The SMILES string of the molecule is C[C@H]1CCCN(CCCNC(=O)[C@@H]2CCCN(S(=O)(=O)c3cccc4nsnc34)C2)C1. The first kappa shape index (κ1) is 22.6. The quantitative estimate of drug-likeness (QED) is 0.631. The Bertz CT molecular complexity index is 1010. The fourth-order valence-electron chi connectivity index (χ4n) is 4.65. The predicted octanol–water partition coefficient (Wildman–Crippen LogP) is 2.33. The van der Waals surface area contributed by atoms with E-state index in [1.54, 1.807) is 18.2 Å². The summed E-state index contributed by atoms with van der Waals surface area (Å²) in [5.41, 5.74) is 0.992. The lowest BCUT2D eigenvalue weighted by Gasteiger charge is -2.32. The van der Waals surface area contributed by atoms with Gasteiger partial charge in [-0.3, -0.25) is 4.79 Å². The molecule has 3 heterocycles. The maximum atomic E-state index is 13.3. The van der Waals surface area contributed by atoms with Crippen LogP contribution >= 0.6 is 11.7 Å². The molecule has 0 spiro atoms. The molecule has 2 aromatic rings. The van der Waals surface area contributed by atoms with Crippen LogP contribution in [0, 0.1) is 11.8 Å². The molecule has 1 N–H and O–H groups in total. The van der Waals surface area contributed by atoms with Gasteiger partial charge in [-0.25, -0.2) is 8.42 Å². The standard InChI is InChI=1S/C21H31N5O3S2/c1-16-6-3-11-25(14-16)12-5-10-22-21(27)17-7-4-13-26(15-17)31(28,29)19-9-2-8-18-20(19)24-30-23-18/h2,8-9,16-17H,3-7,10-15H2,1H3,(H,22,27)/t16-,17+/m0/s1. The molecule has 2 saturated heterocycles. The summed E-state index contributed by atoms with van der Waals surface area (Å²) in [7, 11) is -3.72. The van der Waals surface area contributed by atoms with Crippen molar-refractivity contribution in [1.82, 2.24) is 23.3 Å². The Balaban J connectivity index is 1.31. The van der Waals surface area contributed by atoms with Crippen molar-refractivity contribution in [3.8, 4) is 0 Å². The second-order valence-corrected chi connectivity index (χ2v) is 11.2. The van der Waals surface area contributed by atoms with Crippen molar-refractivity contribution in [3.63, 3.8) is 0 Å². The largest absolute Gasteiger partial charge is 0.356 e. The lowest BCUT2D eigenvalue weighted by atomic mass is 9.99. The van der Waals surface area contributed by atoms with Gasteiger partial charge in [0, 0.05) is 26.2 Å². The number of hydrogen-bond acceptors (Lipinski definition) is 7. The number of carbonyl (C=O) groups excluding carboxylic acids is 1. The monoisotopic (exact) mass is 465 g/mol. The fourth-order valence-corrected chi connectivity index (χ4v) is 6.93. The number of hydrogen-bond donors (Lipinski definition) is 1. The number of fused-ring (bicyclic) bond motifs is 1. The lowest BCUT2D eigenvalue weighted by Crippen LogP contribution is -2.45. The van der Waals surface area contributed by atoms with E-state index in [0.717, 1.165) is 43.7 Å². The predicted molar refractivity (Wildman–Crippen MR) is 121 cm³/mol. The van der Waals surface area contributed by atoms with Gasteiger partial charge in [-0.1, -0.05) is 13.0 Å². The number of benzene rings is 1. The van der Waals surface area contributed by atoms with Crippen molar-refractivity contribution in [2.45, 2.75) is 43.9 Å². The molecule has 0 aliphatic carbocycles. The molecule has 4 rings (SSSR count). The first-order valence-electron chi connectivity index (χ1n) is 11.2. The van der Waals surface area contributed by atoms with Crippen LogP contribution in [-0.2, 0) is 14.8 Å². The van der Waals surface area contributed by atoms with Crippen molar-refractivity contribution in [2.75, 3.05) is 39.3 Å². The van der Waals surface area contributed by atoms with Gasteiger partial charge in [0.05, 0.1) is 17.6 Å². The molecular formula is C21H31N5O3S2. The second kappa shape index (κ2) is 9.89. The Morgan fingerprint density at radius 2 is 2.03 bits per heavy atom. The number of aromatic nitrogens is 2. The summed E-state index contributed by atoms with van der Waals surface area (Å²) in [6, 6.07) is 5.02. The Hall–Kier alpha value is -1.62. The lowest BCUT2D eigenvalue weighted by molar-refractivity contribution is -0.126. The van der Waals surface area contributed by atoms with Crippen molar-refractivity contribution >= 4 is 38.7 Å². The van der Waals surface area contributed by atoms with E-state index >= 15 is 0 Å². The van der Waals surface area contributed by atoms with Crippen molar-refractivity contribution in [2.24, 2.45) is 11.8 Å². The van der Waals surface area contributed by atoms with Crippen LogP contribution < -0.4 is 5.32 Å². The summed E-state index contributed by atoms with van der Waals surface area (Å²) in [4.78, 5) is 15.4. The van der Waals surface area contributed by atoms with E-state index in [4.69, 9.17) is 0 Å². The van der Waals surface area contributed by atoms with E-state index in [1.165, 1.54) is 17.1 Å². The van der Waals surface area contributed by atoms with Crippen molar-refractivity contribution < 1.29 is 13.2 Å². The Labute approximate surface area is 188 Å². The smallest absolute Gasteiger partial charge is 0.245 e. The zero-order valence-corrected chi connectivity index (χ0v) is 19.6. The van der Waals surface area contributed by atoms with Gasteiger partial charge in [-0.15, -0.1) is 0 Å². The minimum Gasteiger partial charge on any atom is -0.356 e. The number of likely N-dealkylation sites (tertiary alicyclic amines) is 1. The van der Waals surface area contributed by atoms with E-state index in [2.05, 4.69) is 25.9 Å². The highest BCUT2D eigenvalue weighted by Crippen LogP contribution is 2.28. The highest BCUT2D eigenvalue weighted by atomic mass is 32.2. The van der Waals surface area contributed by atoms with Gasteiger partial charge in [-0.05, 0) is 63.2 Å². The Morgan fingerprint density at radius 3 is 2.87 bits per heavy atom. The highest BCUT2D eigenvalue weighted by molar-refractivity contribution is 7.89. The van der Waals surface area contributed by atoms with Crippen LogP contribution in [0.4, 0.5) is 0 Å². The minimum atomic E-state index is -3.72. The summed E-state index contributed by atoms with van der Waals surface area (Å²) in [6.45, 7) is 6.86. The van der Waals surface area contributed by atoms with Crippen LogP contribution in [0.25, 0.3) is 11.0 Å². The average molecular weight is 466 g/mol. The van der Waals surface area contributed by atoms with Crippen LogP contribution in [0.3, 0.4) is 0 Å². The molecule has 170 valence electrons. The third-order valence-electron chi connectivity index (χ3n) is 6.31. The average Bonchev–Trinajstić information content (AvgIpc) is 3.25. The maximum Gasteiger partial charge on any atom is 0.245 e. The molecule has 10 heteroatoms. The number of nitrogens with one attached hydrogen (secondary N) is 1. The molecule has 2 fully saturated rings. The molecule has 2 aliphatic rings. The molecule has 31 heavy (non-hydrogen) atoms. The minimum absolute atomic E-state index is 0.0413. The van der Waals surface area contributed by atoms with Gasteiger partial charge in [0.1, 0.15) is 15.9 Å². The molecular weight excluding hydrogens is 434 g/mol. The molecule has 1 amide bonds. The number of nitrogens with zero attached hydrogens (tertiary/aromatic N) is 4. The molecule has 0 radical (unpaired) electrons. The first-order valence-corrected chi connectivity index (χ1v) is 13.3. The normalized spacial score (nSPS) is 23.8. The Kier molecular flexibility index (Phi) is 7.20. The van der Waals surface area contributed by atoms with Crippen LogP contribution in [0.15, 0.2) is 23.1 Å². The molecule has 0 saturated carbocycles. The van der Waals surface area contributed by atoms with Crippen LogP contribution in [-0.4, -0.2) is 71.5 Å². The van der Waals surface area contributed by atoms with Crippen LogP contribution in [0.1, 0.15) is 39.0 Å². The summed E-state index contributed by atoms with van der Waals surface area (Å²) in [5.74, 6) is 0.399. The van der Waals surface area contributed by atoms with Gasteiger partial charge in [0.15, 0.2) is 0 Å². The van der Waals surface area contributed by atoms with E-state index in [1.807, 2.05) is 0 Å². The third-order valence-corrected chi connectivity index (χ3v) is 8.75. The molecule has 0 unspecified atom stereocenters. The first-order chi connectivity index (χ1) is 14.9. The van der Waals surface area contributed by atoms with Gasteiger partial charge in [0.2, 0.25) is 15.9 Å². The van der Waals surface area contributed by atoms with E-state index in [-0.39, 0.29) is 23.3 Å². The zero-order chi connectivity index (χ0) is 21.8. The van der Waals surface area contributed by atoms with Crippen LogP contribution in [0.2, 0.25) is 0 Å². The highest BCUT2D eigenvalue weighted by Gasteiger charge is 2.34. The number of rotatable bonds is 7. The number of amides is 1. The fraction of sp³-hybridized carbons (Fsp3) is 0.667. The summed E-state index contributed by atoms with van der Waals surface area (Å²) in [5, 5.41) is 3.03. The Morgan fingerprint density at radius 1 is 1.19 bits per heavy atom. The van der Waals surface area contributed by atoms with E-state index in [9.17, 15) is 13.2 Å². The maximum absolute atomic E-state index is 13.3. The van der Waals surface area contributed by atoms with Crippen molar-refractivity contribution in [1.29, 1.82) is 0 Å². The molecule has 0 bridgehead atoms. The van der Waals surface area contributed by atoms with Gasteiger partial charge in [0.25, 0.3) is 0 Å². The van der Waals surface area contributed by atoms with Gasteiger partial charge in [-0.2, -0.15) is 13.1 Å². The number of sulfonamides is 1. The molecule has 2 atom stereocenters. The molecule has 2 aliphatic heterocycles. The summed E-state index contributed by atoms with van der Waals surface area (Å²) < 4.78 is 36.3. The summed E-state index contributed by atoms with van der Waals surface area (Å²) >= 11 is 1.01. The second-order valence-electron chi connectivity index (χ2n) is 8.78. The van der Waals surface area contributed by atoms with Gasteiger partial charge >= 0.3 is 0 Å². The third kappa shape index (κ3) is 5.24. The topological polar surface area (TPSA) is 95.5 Å². The molecule has 1 aromatic carbocycles. The summed E-state index contributed by atoms with van der Waals surface area (Å²) in [6.07, 6.45) is 4.87. The van der Waals surface area contributed by atoms with E-state index < -0.39 is 10.0 Å². The molecule has 1 aromatic heterocycles. The number of carbonyl (C=O) groups is 1. The van der Waals surface area contributed by atoms with E-state index in [0.29, 0.717) is 37.0 Å². The van der Waals surface area contributed by atoms with Crippen molar-refractivity contribution in [3.05, 3.63) is 18.2 Å². The number of piperidine rings is 2. The molecule has 8 nitrogen and oxygen atoms in total. The zero-order valence-electron chi connectivity index (χ0n) is 18.0. The van der Waals surface area contributed by atoms with Crippen LogP contribution in [0.5, 0.6) is 0 Å².